The van der Waals surface area contributed by atoms with Gasteiger partial charge >= 0.3 is 6.18 Å². The first-order valence-electron chi connectivity index (χ1n) is 11.8. The molecule has 3 aromatic rings. The largest absolute Gasteiger partial charge is 0.434 e. The van der Waals surface area contributed by atoms with Crippen molar-refractivity contribution >= 4 is 21.5 Å². The third-order valence-electron chi connectivity index (χ3n) is 7.71. The van der Waals surface area contributed by atoms with E-state index in [4.69, 9.17) is 10.5 Å². The van der Waals surface area contributed by atoms with E-state index in [1.807, 2.05) is 0 Å². The van der Waals surface area contributed by atoms with Gasteiger partial charge in [-0.05, 0) is 64.2 Å². The molecule has 1 saturated carbocycles. The normalized spacial score (nSPS) is 24.6. The molecule has 4 N–H and O–H groups in total. The van der Waals surface area contributed by atoms with Crippen molar-refractivity contribution in [3.05, 3.63) is 41.9 Å². The first-order valence-corrected chi connectivity index (χ1v) is 13.3. The highest BCUT2D eigenvalue weighted by atomic mass is 32.2. The van der Waals surface area contributed by atoms with Gasteiger partial charge in [-0.1, -0.05) is 6.07 Å². The highest BCUT2D eigenvalue weighted by molar-refractivity contribution is 7.89. The maximum Gasteiger partial charge on any atom is 0.434 e. The van der Waals surface area contributed by atoms with Crippen LogP contribution in [0.2, 0.25) is 0 Å². The minimum atomic E-state index is -4.72. The zero-order valence-electron chi connectivity index (χ0n) is 20.6. The molecule has 37 heavy (non-hydrogen) atoms. The topological polar surface area (TPSA) is 132 Å². The second-order valence-corrected chi connectivity index (χ2v) is 12.2. The summed E-state index contributed by atoms with van der Waals surface area (Å²) in [5.74, 6) is -0.389. The molecule has 2 bridgehead atoms. The van der Waals surface area contributed by atoms with Crippen molar-refractivity contribution in [3.8, 4) is 11.3 Å². The summed E-state index contributed by atoms with van der Waals surface area (Å²) in [6.45, 7) is 5.25. The number of imidazole rings is 1. The fourth-order valence-electron chi connectivity index (χ4n) is 5.35. The fraction of sp³-hybridized carbons (Fsp3) is 0.500. The second-order valence-electron chi connectivity index (χ2n) is 10.6. The Labute approximate surface area is 211 Å². The van der Waals surface area contributed by atoms with Crippen molar-refractivity contribution in [2.24, 2.45) is 0 Å². The van der Waals surface area contributed by atoms with E-state index in [2.05, 4.69) is 14.7 Å². The quantitative estimate of drug-likeness (QED) is 0.453. The monoisotopic (exact) mass is 539 g/mol. The second kappa shape index (κ2) is 8.13. The van der Waals surface area contributed by atoms with Crippen molar-refractivity contribution < 1.29 is 31.4 Å². The molecule has 2 saturated heterocycles. The maximum atomic E-state index is 13.5. The van der Waals surface area contributed by atoms with E-state index in [9.17, 15) is 26.7 Å². The SMILES string of the molecule is Cc1ccc(S(=O)(=O)NC23CCC(C(C)(C)O)(CC2)OC3)cc1-c1cnc2c(N)nc(C(F)(F)F)cn12. The van der Waals surface area contributed by atoms with Crippen LogP contribution in [-0.4, -0.2) is 51.2 Å². The summed E-state index contributed by atoms with van der Waals surface area (Å²) in [5.41, 5.74) is 3.28. The van der Waals surface area contributed by atoms with E-state index in [1.54, 1.807) is 26.8 Å². The Morgan fingerprint density at radius 3 is 2.43 bits per heavy atom. The molecule has 2 aliphatic heterocycles. The lowest BCUT2D eigenvalue weighted by Gasteiger charge is -2.57. The Kier molecular flexibility index (Phi) is 5.69. The number of anilines is 1. The molecular formula is C24H28F3N5O4S. The Balaban J connectivity index is 1.50. The number of nitrogens with two attached hydrogens (primary N) is 1. The van der Waals surface area contributed by atoms with Gasteiger partial charge in [-0.3, -0.25) is 4.40 Å². The van der Waals surface area contributed by atoms with E-state index < -0.39 is 38.6 Å². The first-order chi connectivity index (χ1) is 17.1. The predicted octanol–water partition coefficient (Wildman–Crippen LogP) is 3.44. The number of nitrogen functional groups attached to an aromatic ring is 1. The summed E-state index contributed by atoms with van der Waals surface area (Å²) in [6, 6.07) is 4.45. The average Bonchev–Trinajstić information content (AvgIpc) is 3.23. The number of nitrogens with zero attached hydrogens (tertiary/aromatic N) is 3. The van der Waals surface area contributed by atoms with Crippen LogP contribution < -0.4 is 10.5 Å². The van der Waals surface area contributed by atoms with E-state index >= 15 is 0 Å². The number of aromatic nitrogens is 3. The van der Waals surface area contributed by atoms with Crippen molar-refractivity contribution in [1.29, 1.82) is 0 Å². The molecule has 3 fully saturated rings. The van der Waals surface area contributed by atoms with Crippen LogP contribution >= 0.6 is 0 Å². The van der Waals surface area contributed by atoms with E-state index in [-0.39, 0.29) is 28.7 Å². The number of ether oxygens (including phenoxy) is 1. The minimum Gasteiger partial charge on any atom is -0.387 e. The molecule has 6 rings (SSSR count). The molecular weight excluding hydrogens is 511 g/mol. The van der Waals surface area contributed by atoms with E-state index in [0.717, 1.165) is 6.20 Å². The fourth-order valence-corrected chi connectivity index (χ4v) is 6.82. The van der Waals surface area contributed by atoms with Gasteiger partial charge in [0, 0.05) is 11.8 Å². The molecule has 1 aliphatic carbocycles. The molecule has 4 heterocycles. The molecule has 200 valence electrons. The molecule has 1 aromatic carbocycles. The number of alkyl halides is 3. The van der Waals surface area contributed by atoms with Gasteiger partial charge in [0.25, 0.3) is 0 Å². The van der Waals surface area contributed by atoms with Gasteiger partial charge in [0.2, 0.25) is 10.0 Å². The van der Waals surface area contributed by atoms with Crippen LogP contribution in [0.25, 0.3) is 16.9 Å². The van der Waals surface area contributed by atoms with Crippen molar-refractivity contribution in [2.45, 2.75) is 74.3 Å². The number of halogens is 3. The van der Waals surface area contributed by atoms with Gasteiger partial charge in [0.05, 0.1) is 40.1 Å². The van der Waals surface area contributed by atoms with Gasteiger partial charge in [0.1, 0.15) is 0 Å². The summed E-state index contributed by atoms with van der Waals surface area (Å²) < 4.78 is 77.0. The van der Waals surface area contributed by atoms with Crippen LogP contribution in [0.4, 0.5) is 19.0 Å². The lowest BCUT2D eigenvalue weighted by molar-refractivity contribution is -0.235. The van der Waals surface area contributed by atoms with Crippen LogP contribution in [0.3, 0.4) is 0 Å². The third-order valence-corrected chi connectivity index (χ3v) is 9.29. The number of sulfonamides is 1. The van der Waals surface area contributed by atoms with E-state index in [0.29, 0.717) is 36.8 Å². The highest BCUT2D eigenvalue weighted by Gasteiger charge is 2.57. The Morgan fingerprint density at radius 1 is 1.19 bits per heavy atom. The van der Waals surface area contributed by atoms with Gasteiger partial charge in [-0.25, -0.2) is 23.1 Å². The number of benzene rings is 1. The summed E-state index contributed by atoms with van der Waals surface area (Å²) in [7, 11) is -4.02. The molecule has 13 heteroatoms. The molecule has 9 nitrogen and oxygen atoms in total. The number of hydrogen-bond acceptors (Lipinski definition) is 7. The summed E-state index contributed by atoms with van der Waals surface area (Å²) in [5, 5.41) is 10.6. The predicted molar refractivity (Wildman–Crippen MR) is 129 cm³/mol. The van der Waals surface area contributed by atoms with Gasteiger partial charge in [0.15, 0.2) is 17.2 Å². The van der Waals surface area contributed by atoms with Crippen molar-refractivity contribution in [3.63, 3.8) is 0 Å². The Morgan fingerprint density at radius 2 is 1.86 bits per heavy atom. The van der Waals surface area contributed by atoms with Crippen LogP contribution in [0.1, 0.15) is 50.8 Å². The lowest BCUT2D eigenvalue weighted by atomic mass is 9.66. The number of hydrogen-bond donors (Lipinski definition) is 3. The van der Waals surface area contributed by atoms with Crippen LogP contribution in [-0.2, 0) is 20.9 Å². The zero-order chi connectivity index (χ0) is 27.0. The molecule has 0 unspecified atom stereocenters. The maximum absolute atomic E-state index is 13.5. The Bertz CT molecular complexity index is 1470. The minimum absolute atomic E-state index is 0.0320. The number of rotatable bonds is 5. The number of aryl methyl sites for hydroxylation is 1. The standard InChI is InChI=1S/C24H28F3N5O4S/c1-14-4-5-15(37(34,35)31-22-6-8-23(9-7-22,36-13-22)21(2,3)33)10-16(14)17-11-29-20-19(28)30-18(12-32(17)20)24(25,26)27/h4-5,10-12,31,33H,6-9,13H2,1-3H3,(H2,28,30). The molecule has 0 atom stereocenters. The molecule has 2 aromatic heterocycles. The molecule has 0 radical (unpaired) electrons. The third kappa shape index (κ3) is 4.27. The molecule has 0 spiro atoms. The van der Waals surface area contributed by atoms with Gasteiger partial charge in [-0.15, -0.1) is 0 Å². The number of aliphatic hydroxyl groups is 1. The zero-order valence-corrected chi connectivity index (χ0v) is 21.4. The molecule has 0 amide bonds. The Hall–Kier alpha value is -2.74. The number of nitrogens with one attached hydrogen (secondary N) is 1. The average molecular weight is 540 g/mol. The van der Waals surface area contributed by atoms with Gasteiger partial charge < -0.3 is 15.6 Å². The summed E-state index contributed by atoms with van der Waals surface area (Å²) in [4.78, 5) is 7.47. The first kappa shape index (κ1) is 25.9. The number of fused-ring (bicyclic) bond motifs is 4. The van der Waals surface area contributed by atoms with E-state index in [1.165, 1.54) is 22.7 Å². The van der Waals surface area contributed by atoms with Gasteiger partial charge in [-0.2, -0.15) is 13.2 Å². The van der Waals surface area contributed by atoms with Crippen LogP contribution in [0.5, 0.6) is 0 Å². The summed E-state index contributed by atoms with van der Waals surface area (Å²) >= 11 is 0. The highest BCUT2D eigenvalue weighted by Crippen LogP contribution is 2.49. The van der Waals surface area contributed by atoms with Crippen molar-refractivity contribution in [1.82, 2.24) is 19.1 Å². The van der Waals surface area contributed by atoms with Crippen LogP contribution in [0.15, 0.2) is 35.5 Å². The molecule has 3 aliphatic rings. The summed E-state index contributed by atoms with van der Waals surface area (Å²) in [6.07, 6.45) is -0.553. The van der Waals surface area contributed by atoms with Crippen molar-refractivity contribution in [2.75, 3.05) is 12.3 Å². The van der Waals surface area contributed by atoms with Crippen LogP contribution in [0, 0.1) is 6.92 Å². The lowest BCUT2D eigenvalue weighted by Crippen LogP contribution is -2.68. The smallest absolute Gasteiger partial charge is 0.387 e.